The van der Waals surface area contributed by atoms with Crippen LogP contribution in [-0.2, 0) is 17.6 Å². The molecule has 20 heavy (non-hydrogen) atoms. The number of ketones is 1. The van der Waals surface area contributed by atoms with Crippen LogP contribution in [0, 0.1) is 6.92 Å². The van der Waals surface area contributed by atoms with E-state index in [9.17, 15) is 4.79 Å². The lowest BCUT2D eigenvalue weighted by Gasteiger charge is -2.09. The normalized spacial score (nSPS) is 10.3. The minimum atomic E-state index is 0.163. The van der Waals surface area contributed by atoms with Crippen molar-refractivity contribution in [1.82, 2.24) is 0 Å². The number of ether oxygens (including phenoxy) is 1. The van der Waals surface area contributed by atoms with Crippen LogP contribution in [0.3, 0.4) is 0 Å². The third kappa shape index (κ3) is 3.84. The van der Waals surface area contributed by atoms with Gasteiger partial charge in [-0.15, -0.1) is 0 Å². The Labute approximate surface area is 124 Å². The summed E-state index contributed by atoms with van der Waals surface area (Å²) in [5, 5.41) is 0.682. The predicted molar refractivity (Wildman–Crippen MR) is 81.6 cm³/mol. The van der Waals surface area contributed by atoms with E-state index >= 15 is 0 Å². The van der Waals surface area contributed by atoms with Crippen LogP contribution >= 0.6 is 11.6 Å². The highest BCUT2D eigenvalue weighted by atomic mass is 35.5. The number of hydrogen-bond acceptors (Lipinski definition) is 2. The number of aryl methyl sites for hydroxylation is 1. The molecule has 2 rings (SSSR count). The lowest BCUT2D eigenvalue weighted by molar-refractivity contribution is -0.117. The van der Waals surface area contributed by atoms with Crippen molar-refractivity contribution in [2.45, 2.75) is 19.8 Å². The van der Waals surface area contributed by atoms with Crippen LogP contribution in [0.5, 0.6) is 5.75 Å². The Kier molecular flexibility index (Phi) is 4.80. The molecule has 2 aromatic rings. The van der Waals surface area contributed by atoms with Crippen LogP contribution < -0.4 is 4.74 Å². The molecule has 2 aromatic carbocycles. The summed E-state index contributed by atoms with van der Waals surface area (Å²) in [6.45, 7) is 2.01. The van der Waals surface area contributed by atoms with E-state index in [1.165, 1.54) is 0 Å². The molecular formula is C17H17ClO2. The molecule has 2 nitrogen and oxygen atoms in total. The number of hydrogen-bond donors (Lipinski definition) is 0. The highest BCUT2D eigenvalue weighted by molar-refractivity contribution is 6.30. The standard InChI is InChI=1S/C17H17ClO2/c1-12-3-8-17(20-2)14(9-12)11-16(19)10-13-4-6-15(18)7-5-13/h3-9H,10-11H2,1-2H3. The van der Waals surface area contributed by atoms with Gasteiger partial charge in [0.25, 0.3) is 0 Å². The lowest BCUT2D eigenvalue weighted by Crippen LogP contribution is -2.07. The van der Waals surface area contributed by atoms with Crippen molar-refractivity contribution in [2.75, 3.05) is 7.11 Å². The zero-order chi connectivity index (χ0) is 14.5. The molecule has 0 aliphatic heterocycles. The molecule has 0 unspecified atom stereocenters. The van der Waals surface area contributed by atoms with Gasteiger partial charge in [-0.05, 0) is 30.7 Å². The zero-order valence-corrected chi connectivity index (χ0v) is 12.4. The Bertz CT molecular complexity index is 603. The number of halogens is 1. The van der Waals surface area contributed by atoms with Crippen molar-refractivity contribution in [3.8, 4) is 5.75 Å². The summed E-state index contributed by atoms with van der Waals surface area (Å²) in [6, 6.07) is 13.3. The van der Waals surface area contributed by atoms with Crippen molar-refractivity contribution in [1.29, 1.82) is 0 Å². The Morgan fingerprint density at radius 3 is 2.45 bits per heavy atom. The third-order valence-corrected chi connectivity index (χ3v) is 3.39. The SMILES string of the molecule is COc1ccc(C)cc1CC(=O)Cc1ccc(Cl)cc1. The number of carbonyl (C=O) groups is 1. The van der Waals surface area contributed by atoms with Gasteiger partial charge in [-0.3, -0.25) is 4.79 Å². The van der Waals surface area contributed by atoms with Gasteiger partial charge in [0.1, 0.15) is 11.5 Å². The summed E-state index contributed by atoms with van der Waals surface area (Å²) in [6.07, 6.45) is 0.793. The average Bonchev–Trinajstić information content (AvgIpc) is 2.41. The second-order valence-electron chi connectivity index (χ2n) is 4.83. The molecule has 0 radical (unpaired) electrons. The van der Waals surface area contributed by atoms with Gasteiger partial charge in [-0.25, -0.2) is 0 Å². The Hall–Kier alpha value is -1.80. The predicted octanol–water partition coefficient (Wildman–Crippen LogP) is 4.01. The molecule has 0 aliphatic carbocycles. The second kappa shape index (κ2) is 6.58. The molecule has 0 bridgehead atoms. The van der Waals surface area contributed by atoms with Gasteiger partial charge >= 0.3 is 0 Å². The molecule has 0 spiro atoms. The van der Waals surface area contributed by atoms with Crippen LogP contribution in [0.15, 0.2) is 42.5 Å². The smallest absolute Gasteiger partial charge is 0.141 e. The first-order chi connectivity index (χ1) is 9.58. The molecule has 0 atom stereocenters. The second-order valence-corrected chi connectivity index (χ2v) is 5.27. The molecule has 0 N–H and O–H groups in total. The fraction of sp³-hybridized carbons (Fsp3) is 0.235. The molecule has 0 saturated carbocycles. The molecule has 0 aromatic heterocycles. The highest BCUT2D eigenvalue weighted by Gasteiger charge is 2.10. The molecule has 104 valence electrons. The summed E-state index contributed by atoms with van der Waals surface area (Å²) in [5.41, 5.74) is 3.04. The quantitative estimate of drug-likeness (QED) is 0.831. The third-order valence-electron chi connectivity index (χ3n) is 3.14. The molecule has 0 saturated heterocycles. The summed E-state index contributed by atoms with van der Waals surface area (Å²) < 4.78 is 5.30. The summed E-state index contributed by atoms with van der Waals surface area (Å²) >= 11 is 5.83. The summed E-state index contributed by atoms with van der Waals surface area (Å²) in [4.78, 5) is 12.2. The zero-order valence-electron chi connectivity index (χ0n) is 11.7. The summed E-state index contributed by atoms with van der Waals surface area (Å²) in [7, 11) is 1.62. The largest absolute Gasteiger partial charge is 0.496 e. The van der Waals surface area contributed by atoms with Crippen molar-refractivity contribution in [3.63, 3.8) is 0 Å². The number of benzene rings is 2. The molecule has 0 aliphatic rings. The Morgan fingerprint density at radius 1 is 1.10 bits per heavy atom. The summed E-state index contributed by atoms with van der Waals surface area (Å²) in [5.74, 6) is 0.927. The average molecular weight is 289 g/mol. The molecule has 0 amide bonds. The van der Waals surface area contributed by atoms with Gasteiger partial charge in [0.05, 0.1) is 7.11 Å². The Morgan fingerprint density at radius 2 is 1.80 bits per heavy atom. The number of Topliss-reactive ketones (excluding diaryl/α,β-unsaturated/α-hetero) is 1. The first kappa shape index (κ1) is 14.6. The van der Waals surface area contributed by atoms with E-state index in [-0.39, 0.29) is 5.78 Å². The maximum absolute atomic E-state index is 12.2. The fourth-order valence-electron chi connectivity index (χ4n) is 2.15. The van der Waals surface area contributed by atoms with Crippen molar-refractivity contribution in [2.24, 2.45) is 0 Å². The Balaban J connectivity index is 2.08. The van der Waals surface area contributed by atoms with E-state index < -0.39 is 0 Å². The maximum atomic E-state index is 12.2. The minimum absolute atomic E-state index is 0.163. The minimum Gasteiger partial charge on any atom is -0.496 e. The van der Waals surface area contributed by atoms with E-state index in [2.05, 4.69) is 0 Å². The van der Waals surface area contributed by atoms with E-state index in [1.54, 1.807) is 19.2 Å². The van der Waals surface area contributed by atoms with Crippen molar-refractivity contribution >= 4 is 17.4 Å². The van der Waals surface area contributed by atoms with E-state index in [4.69, 9.17) is 16.3 Å². The lowest BCUT2D eigenvalue weighted by atomic mass is 10.0. The van der Waals surface area contributed by atoms with Gasteiger partial charge < -0.3 is 4.74 Å². The van der Waals surface area contributed by atoms with E-state index in [1.807, 2.05) is 37.3 Å². The van der Waals surface area contributed by atoms with Gasteiger partial charge in [-0.2, -0.15) is 0 Å². The van der Waals surface area contributed by atoms with Crippen LogP contribution in [0.2, 0.25) is 5.02 Å². The van der Waals surface area contributed by atoms with Gasteiger partial charge in [0.15, 0.2) is 0 Å². The van der Waals surface area contributed by atoms with Crippen molar-refractivity contribution < 1.29 is 9.53 Å². The van der Waals surface area contributed by atoms with E-state index in [0.29, 0.717) is 17.9 Å². The maximum Gasteiger partial charge on any atom is 0.141 e. The van der Waals surface area contributed by atoms with Crippen molar-refractivity contribution in [3.05, 3.63) is 64.2 Å². The van der Waals surface area contributed by atoms with Crippen LogP contribution in [0.4, 0.5) is 0 Å². The van der Waals surface area contributed by atoms with Crippen LogP contribution in [-0.4, -0.2) is 12.9 Å². The molecule has 3 heteroatoms. The van der Waals surface area contributed by atoms with Gasteiger partial charge in [-0.1, -0.05) is 41.4 Å². The topological polar surface area (TPSA) is 26.3 Å². The van der Waals surface area contributed by atoms with E-state index in [0.717, 1.165) is 22.4 Å². The monoisotopic (exact) mass is 288 g/mol. The van der Waals surface area contributed by atoms with Crippen LogP contribution in [0.1, 0.15) is 16.7 Å². The first-order valence-corrected chi connectivity index (χ1v) is 6.86. The fourth-order valence-corrected chi connectivity index (χ4v) is 2.28. The van der Waals surface area contributed by atoms with Crippen LogP contribution in [0.25, 0.3) is 0 Å². The molecular weight excluding hydrogens is 272 g/mol. The highest BCUT2D eigenvalue weighted by Crippen LogP contribution is 2.21. The molecule has 0 heterocycles. The first-order valence-electron chi connectivity index (χ1n) is 6.48. The number of rotatable bonds is 5. The number of methoxy groups -OCH3 is 1. The molecule has 0 fully saturated rings. The number of carbonyl (C=O) groups excluding carboxylic acids is 1. The van der Waals surface area contributed by atoms with Gasteiger partial charge in [0.2, 0.25) is 0 Å². The van der Waals surface area contributed by atoms with Gasteiger partial charge in [0, 0.05) is 23.4 Å².